The molecule has 0 spiro atoms. The van der Waals surface area contributed by atoms with Gasteiger partial charge in [-0.15, -0.1) is 11.6 Å². The van der Waals surface area contributed by atoms with Gasteiger partial charge in [0.2, 0.25) is 11.7 Å². The molecule has 3 heterocycles. The Morgan fingerprint density at radius 1 is 1.07 bits per heavy atom. The molecule has 1 amide bonds. The summed E-state index contributed by atoms with van der Waals surface area (Å²) in [6.45, 7) is 5.73. The number of ketones is 1. The highest BCUT2D eigenvalue weighted by molar-refractivity contribution is 6.38. The average Bonchev–Trinajstić information content (AvgIpc) is 3.41. The van der Waals surface area contributed by atoms with Crippen LogP contribution in [-0.2, 0) is 11.8 Å². The van der Waals surface area contributed by atoms with Gasteiger partial charge in [0.25, 0.3) is 0 Å². The van der Waals surface area contributed by atoms with Crippen molar-refractivity contribution >= 4 is 57.1 Å². The summed E-state index contributed by atoms with van der Waals surface area (Å²) in [5.41, 5.74) is 5.01. The Hall–Kier alpha value is -4.01. The molecule has 40 heavy (non-hydrogen) atoms. The van der Waals surface area contributed by atoms with Crippen molar-refractivity contribution in [2.45, 2.75) is 20.8 Å². The SMILES string of the molecule is Cc1cc2c(nc(C)n2C)c(Cl)c1-c1cccn2c(C(=O)c3cc(F)c(NC(=O)/C=C/CCl)c(F)c3)cc(C)c12. The molecule has 3 aromatic heterocycles. The number of pyridine rings is 1. The molecule has 1 N–H and O–H groups in total. The lowest BCUT2D eigenvalue weighted by Gasteiger charge is -2.13. The second-order valence-electron chi connectivity index (χ2n) is 9.51. The zero-order valence-corrected chi connectivity index (χ0v) is 23.6. The molecule has 5 aromatic rings. The molecular formula is C30H24Cl2F2N4O2. The average molecular weight is 581 g/mol. The number of benzene rings is 2. The number of carbonyl (C=O) groups excluding carboxylic acids is 2. The maximum Gasteiger partial charge on any atom is 0.248 e. The summed E-state index contributed by atoms with van der Waals surface area (Å²) in [5, 5.41) is 2.64. The van der Waals surface area contributed by atoms with E-state index in [4.69, 9.17) is 23.2 Å². The van der Waals surface area contributed by atoms with E-state index in [0.717, 1.165) is 57.3 Å². The molecule has 0 aliphatic rings. The third-order valence-corrected chi connectivity index (χ3v) is 7.48. The Morgan fingerprint density at radius 2 is 1.77 bits per heavy atom. The molecule has 10 heteroatoms. The fraction of sp³-hybridized carbons (Fsp3) is 0.167. The number of amides is 1. The van der Waals surface area contributed by atoms with E-state index in [1.807, 2.05) is 44.5 Å². The number of carbonyl (C=O) groups is 2. The quantitative estimate of drug-likeness (QED) is 0.130. The predicted molar refractivity (Wildman–Crippen MR) is 155 cm³/mol. The normalized spacial score (nSPS) is 11.7. The van der Waals surface area contributed by atoms with Gasteiger partial charge < -0.3 is 14.3 Å². The van der Waals surface area contributed by atoms with Crippen molar-refractivity contribution < 1.29 is 18.4 Å². The van der Waals surface area contributed by atoms with Crippen LogP contribution in [0.25, 0.3) is 27.7 Å². The molecule has 0 atom stereocenters. The number of fused-ring (bicyclic) bond motifs is 2. The van der Waals surface area contributed by atoms with Gasteiger partial charge in [-0.05, 0) is 62.2 Å². The van der Waals surface area contributed by atoms with Crippen LogP contribution in [0.15, 0.2) is 54.7 Å². The first kappa shape index (κ1) is 27.6. The number of aromatic nitrogens is 3. The smallest absolute Gasteiger partial charge is 0.248 e. The van der Waals surface area contributed by atoms with Crippen molar-refractivity contribution in [1.82, 2.24) is 14.0 Å². The van der Waals surface area contributed by atoms with Crippen molar-refractivity contribution in [3.8, 4) is 11.1 Å². The highest BCUT2D eigenvalue weighted by Gasteiger charge is 2.23. The van der Waals surface area contributed by atoms with Crippen LogP contribution >= 0.6 is 23.2 Å². The van der Waals surface area contributed by atoms with Crippen LogP contribution in [0.1, 0.15) is 33.0 Å². The Labute approximate surface area is 238 Å². The van der Waals surface area contributed by atoms with Crippen molar-refractivity contribution in [2.75, 3.05) is 11.2 Å². The van der Waals surface area contributed by atoms with E-state index in [2.05, 4.69) is 10.3 Å². The van der Waals surface area contributed by atoms with Crippen LogP contribution in [0, 0.1) is 32.4 Å². The molecule has 0 saturated carbocycles. The van der Waals surface area contributed by atoms with Crippen molar-refractivity contribution in [2.24, 2.45) is 7.05 Å². The second-order valence-corrected chi connectivity index (χ2v) is 10.2. The number of allylic oxidation sites excluding steroid dienone is 1. The summed E-state index contributed by atoms with van der Waals surface area (Å²) < 4.78 is 33.3. The topological polar surface area (TPSA) is 68.4 Å². The standard InChI is InChI=1S/C30H24Cl2F2N4O2/c1-15-11-22-28(35-17(3)37(22)4)26(32)25(15)19-7-6-10-38-23(12-16(2)29(19)38)30(40)18-13-20(33)27(21(34)14-18)36-24(39)8-5-9-31/h5-8,10-14H,9H2,1-4H3,(H,36,39)/b8-5+. The number of anilines is 1. The molecule has 0 bridgehead atoms. The number of nitrogens with one attached hydrogen (secondary N) is 1. The van der Waals surface area contributed by atoms with E-state index in [0.29, 0.717) is 10.5 Å². The number of alkyl halides is 1. The van der Waals surface area contributed by atoms with E-state index in [9.17, 15) is 18.4 Å². The van der Waals surface area contributed by atoms with Gasteiger partial charge in [0.05, 0.1) is 21.7 Å². The lowest BCUT2D eigenvalue weighted by molar-refractivity contribution is -0.112. The van der Waals surface area contributed by atoms with Crippen LogP contribution in [0.4, 0.5) is 14.5 Å². The number of halogens is 4. The number of hydrogen-bond acceptors (Lipinski definition) is 3. The van der Waals surface area contributed by atoms with Gasteiger partial charge >= 0.3 is 0 Å². The number of imidazole rings is 1. The van der Waals surface area contributed by atoms with Gasteiger partial charge in [-0.2, -0.15) is 0 Å². The molecule has 0 aliphatic heterocycles. The number of rotatable bonds is 6. The maximum atomic E-state index is 14.8. The molecule has 6 nitrogen and oxygen atoms in total. The molecule has 0 saturated heterocycles. The Bertz CT molecular complexity index is 1870. The first-order valence-corrected chi connectivity index (χ1v) is 13.2. The minimum atomic E-state index is -1.07. The fourth-order valence-corrected chi connectivity index (χ4v) is 5.45. The molecule has 0 aliphatic carbocycles. The van der Waals surface area contributed by atoms with E-state index in [-0.39, 0.29) is 17.1 Å². The third-order valence-electron chi connectivity index (χ3n) is 6.93. The van der Waals surface area contributed by atoms with Crippen molar-refractivity contribution in [1.29, 1.82) is 0 Å². The van der Waals surface area contributed by atoms with Crippen LogP contribution in [-0.4, -0.2) is 31.5 Å². The van der Waals surface area contributed by atoms with Crippen LogP contribution in [0.3, 0.4) is 0 Å². The van der Waals surface area contributed by atoms with Gasteiger partial charge in [0, 0.05) is 41.9 Å². The van der Waals surface area contributed by atoms with Gasteiger partial charge in [-0.3, -0.25) is 9.59 Å². The molecule has 204 valence electrons. The number of hydrogen-bond donors (Lipinski definition) is 1. The van der Waals surface area contributed by atoms with Gasteiger partial charge in [0.1, 0.15) is 28.7 Å². The lowest BCUT2D eigenvalue weighted by atomic mass is 9.98. The molecular weight excluding hydrogens is 557 g/mol. The van der Waals surface area contributed by atoms with Crippen LogP contribution < -0.4 is 5.32 Å². The zero-order valence-electron chi connectivity index (χ0n) is 22.1. The van der Waals surface area contributed by atoms with E-state index in [1.54, 1.807) is 22.7 Å². The van der Waals surface area contributed by atoms with E-state index < -0.39 is 29.0 Å². The van der Waals surface area contributed by atoms with Crippen LogP contribution in [0.5, 0.6) is 0 Å². The number of aryl methyl sites for hydroxylation is 4. The molecule has 0 unspecified atom stereocenters. The summed E-state index contributed by atoms with van der Waals surface area (Å²) >= 11 is 12.4. The molecule has 0 fully saturated rings. The molecule has 5 rings (SSSR count). The minimum absolute atomic E-state index is 0.0709. The lowest BCUT2D eigenvalue weighted by Crippen LogP contribution is -2.13. The monoisotopic (exact) mass is 580 g/mol. The van der Waals surface area contributed by atoms with E-state index >= 15 is 0 Å². The number of nitrogens with zero attached hydrogens (tertiary/aromatic N) is 3. The maximum absolute atomic E-state index is 14.8. The summed E-state index contributed by atoms with van der Waals surface area (Å²) in [6, 6.07) is 9.22. The fourth-order valence-electron chi connectivity index (χ4n) is 4.97. The largest absolute Gasteiger partial charge is 0.331 e. The summed E-state index contributed by atoms with van der Waals surface area (Å²) in [4.78, 5) is 30.1. The first-order valence-electron chi connectivity index (χ1n) is 12.3. The van der Waals surface area contributed by atoms with Gasteiger partial charge in [-0.25, -0.2) is 13.8 Å². The second kappa shape index (κ2) is 10.5. The minimum Gasteiger partial charge on any atom is -0.331 e. The highest BCUT2D eigenvalue weighted by Crippen LogP contribution is 2.40. The van der Waals surface area contributed by atoms with Crippen LogP contribution in [0.2, 0.25) is 5.02 Å². The molecule has 2 aromatic carbocycles. The zero-order chi connectivity index (χ0) is 28.9. The highest BCUT2D eigenvalue weighted by atomic mass is 35.5. The molecule has 0 radical (unpaired) electrons. The van der Waals surface area contributed by atoms with Crippen molar-refractivity contribution in [3.05, 3.63) is 99.6 Å². The Morgan fingerprint density at radius 3 is 2.45 bits per heavy atom. The summed E-state index contributed by atoms with van der Waals surface area (Å²) in [7, 11) is 1.93. The Kier molecular flexibility index (Phi) is 7.25. The van der Waals surface area contributed by atoms with E-state index in [1.165, 1.54) is 6.08 Å². The third kappa shape index (κ3) is 4.57. The first-order chi connectivity index (χ1) is 19.0. The predicted octanol–water partition coefficient (Wildman–Crippen LogP) is 7.31. The Balaban J connectivity index is 1.61. The van der Waals surface area contributed by atoms with Gasteiger partial charge in [-0.1, -0.05) is 23.7 Å². The summed E-state index contributed by atoms with van der Waals surface area (Å²) in [6.07, 6.45) is 4.12. The van der Waals surface area contributed by atoms with Gasteiger partial charge in [0.15, 0.2) is 0 Å². The summed E-state index contributed by atoms with van der Waals surface area (Å²) in [5.74, 6) is -2.58. The van der Waals surface area contributed by atoms with Crippen molar-refractivity contribution in [3.63, 3.8) is 0 Å².